The largest absolute Gasteiger partial charge is 0.493 e. The van der Waals surface area contributed by atoms with Crippen LogP contribution >= 0.6 is 0 Å². The predicted molar refractivity (Wildman–Crippen MR) is 285 cm³/mol. The predicted octanol–water partition coefficient (Wildman–Crippen LogP) is 6.15. The molecule has 1 aromatic heterocycles. The van der Waals surface area contributed by atoms with Crippen LogP contribution in [0, 0.1) is 0 Å². The third kappa shape index (κ3) is 17.0. The standard InChI is InChI=1S/C56H74N6O15/c1-5-40-28-44-36-58-49-34-53(51(69-4)32-47(49)56(66)62(44)37-40)77-39-42-30-45(29-41(59-42)38-76-52-33-48-46(31-50(52)68-3)55(65)61-13-8-10-43(61)35-57-48)75-27-26-74-23-21-71-17-14-60(12-6-7-15-63)54(64)11-9-16-70-20-22-73-25-24-72-19-18-67-2/h5,15,29-36,43-44H,6-14,16-28,37-39H2,1-4H3/b40-5+/t43-,44?/m0/s1. The molecular weight excluding hydrogens is 997 g/mol. The van der Waals surface area contributed by atoms with Gasteiger partial charge in [0.05, 0.1) is 126 Å². The van der Waals surface area contributed by atoms with E-state index in [-0.39, 0.29) is 56.2 Å². The maximum atomic E-state index is 13.7. The number of benzene rings is 2. The van der Waals surface area contributed by atoms with Crippen LogP contribution in [0.4, 0.5) is 11.4 Å². The van der Waals surface area contributed by atoms with E-state index >= 15 is 0 Å². The Morgan fingerprint density at radius 2 is 1.22 bits per heavy atom. The average Bonchev–Trinajstić information content (AvgIpc) is 4.07. The van der Waals surface area contributed by atoms with Gasteiger partial charge >= 0.3 is 0 Å². The van der Waals surface area contributed by atoms with Crippen LogP contribution in [-0.4, -0.2) is 195 Å². The first-order valence-corrected chi connectivity index (χ1v) is 26.5. The van der Waals surface area contributed by atoms with Crippen molar-refractivity contribution in [2.75, 3.05) is 127 Å². The van der Waals surface area contributed by atoms with E-state index in [1.165, 1.54) is 19.8 Å². The van der Waals surface area contributed by atoms with E-state index in [1.807, 2.05) is 35.2 Å². The van der Waals surface area contributed by atoms with Gasteiger partial charge < -0.3 is 71.6 Å². The van der Waals surface area contributed by atoms with Gasteiger partial charge in [0, 0.05) is 89.4 Å². The molecule has 2 atom stereocenters. The van der Waals surface area contributed by atoms with Crippen LogP contribution in [0.3, 0.4) is 0 Å². The second-order valence-electron chi connectivity index (χ2n) is 18.5. The zero-order chi connectivity index (χ0) is 54.2. The maximum absolute atomic E-state index is 13.7. The van der Waals surface area contributed by atoms with Crippen molar-refractivity contribution in [3.05, 3.63) is 70.6 Å². The molecule has 0 bridgehead atoms. The number of pyridine rings is 1. The van der Waals surface area contributed by atoms with Crippen molar-refractivity contribution in [3.8, 4) is 28.7 Å². The van der Waals surface area contributed by atoms with E-state index in [2.05, 4.69) is 4.99 Å². The number of carbonyl (C=O) groups excluding carboxylic acids is 4. The van der Waals surface area contributed by atoms with Gasteiger partial charge in [-0.3, -0.25) is 29.4 Å². The number of methoxy groups -OCH3 is 3. The topological polar surface area (TPSA) is 217 Å². The van der Waals surface area contributed by atoms with Gasteiger partial charge in [-0.05, 0) is 51.2 Å². The highest BCUT2D eigenvalue weighted by Gasteiger charge is 2.35. The molecule has 4 aliphatic rings. The summed E-state index contributed by atoms with van der Waals surface area (Å²) >= 11 is 0. The minimum Gasteiger partial charge on any atom is -0.493 e. The van der Waals surface area contributed by atoms with E-state index in [4.69, 9.17) is 62.1 Å². The first-order valence-electron chi connectivity index (χ1n) is 26.5. The molecule has 0 radical (unpaired) electrons. The molecule has 2 aromatic carbocycles. The second-order valence-corrected chi connectivity index (χ2v) is 18.5. The maximum Gasteiger partial charge on any atom is 0.257 e. The van der Waals surface area contributed by atoms with Crippen LogP contribution in [0.15, 0.2) is 58.0 Å². The number of aldehydes is 1. The van der Waals surface area contributed by atoms with E-state index in [9.17, 15) is 19.2 Å². The van der Waals surface area contributed by atoms with Crippen molar-refractivity contribution in [2.24, 2.45) is 9.98 Å². The lowest BCUT2D eigenvalue weighted by molar-refractivity contribution is -0.132. The molecule has 1 unspecified atom stereocenters. The van der Waals surface area contributed by atoms with Crippen molar-refractivity contribution < 1.29 is 71.3 Å². The molecule has 3 amide bonds. The Labute approximate surface area is 450 Å². The molecule has 4 aliphatic heterocycles. The molecule has 3 aromatic rings. The summed E-state index contributed by atoms with van der Waals surface area (Å²) < 4.78 is 63.4. The van der Waals surface area contributed by atoms with Crippen LogP contribution in [0.2, 0.25) is 0 Å². The molecule has 0 saturated carbocycles. The highest BCUT2D eigenvalue weighted by molar-refractivity contribution is 6.04. The summed E-state index contributed by atoms with van der Waals surface area (Å²) in [6.45, 7) is 8.75. The Balaban J connectivity index is 0.917. The van der Waals surface area contributed by atoms with Crippen molar-refractivity contribution in [2.45, 2.75) is 77.2 Å². The SMILES string of the molecule is C/C=C1\CC2C=Nc3cc(OCc4cc(OCCOCCOCCN(CCCC=O)C(=O)CCCOCCOCCOCCOC)cc(COc5cc6c(cc5OC)C(=O)N5CCC[C@H]5C=N6)n4)c(OC)cc3C(=O)N2C1. The number of nitrogens with zero attached hydrogens (tertiary/aromatic N) is 6. The monoisotopic (exact) mass is 1070 g/mol. The van der Waals surface area contributed by atoms with Crippen LogP contribution in [0.5, 0.6) is 28.7 Å². The number of amides is 3. The third-order valence-corrected chi connectivity index (χ3v) is 13.3. The summed E-state index contributed by atoms with van der Waals surface area (Å²) in [6, 6.07) is 10.1. The fourth-order valence-electron chi connectivity index (χ4n) is 9.15. The summed E-state index contributed by atoms with van der Waals surface area (Å²) in [7, 11) is 4.67. The molecule has 77 heavy (non-hydrogen) atoms. The summed E-state index contributed by atoms with van der Waals surface area (Å²) in [5.74, 6) is 1.78. The number of aromatic nitrogens is 1. The highest BCUT2D eigenvalue weighted by atomic mass is 16.6. The Kier molecular flexibility index (Phi) is 23.5. The number of unbranched alkanes of at least 4 members (excludes halogenated alkanes) is 1. The van der Waals surface area contributed by atoms with E-state index < -0.39 is 0 Å². The van der Waals surface area contributed by atoms with Crippen molar-refractivity contribution in [1.82, 2.24) is 19.7 Å². The molecule has 2 fully saturated rings. The Bertz CT molecular complexity index is 2520. The molecule has 0 N–H and O–H groups in total. The van der Waals surface area contributed by atoms with Gasteiger partial charge in [-0.1, -0.05) is 11.6 Å². The minimum absolute atomic E-state index is 0.00111. The second kappa shape index (κ2) is 31.0. The lowest BCUT2D eigenvalue weighted by Crippen LogP contribution is -2.35. The first-order chi connectivity index (χ1) is 37.7. The van der Waals surface area contributed by atoms with E-state index in [1.54, 1.807) is 48.4 Å². The molecule has 0 spiro atoms. The Hall–Kier alpha value is -6.49. The molecule has 21 heteroatoms. The van der Waals surface area contributed by atoms with Gasteiger partial charge in [-0.2, -0.15) is 0 Å². The van der Waals surface area contributed by atoms with Gasteiger partial charge in [0.2, 0.25) is 5.91 Å². The molecule has 418 valence electrons. The third-order valence-electron chi connectivity index (χ3n) is 13.3. The number of aliphatic imine (C=N–C) groups is 2. The number of ether oxygens (including phenoxy) is 11. The number of hydrogen-bond donors (Lipinski definition) is 0. The van der Waals surface area contributed by atoms with Crippen molar-refractivity contribution in [1.29, 1.82) is 0 Å². The van der Waals surface area contributed by atoms with Crippen molar-refractivity contribution >= 4 is 47.8 Å². The van der Waals surface area contributed by atoms with E-state index in [0.29, 0.717) is 181 Å². The fraction of sp³-hybridized carbons (Fsp3) is 0.554. The quantitative estimate of drug-likeness (QED) is 0.0367. The van der Waals surface area contributed by atoms with Crippen molar-refractivity contribution in [3.63, 3.8) is 0 Å². The Morgan fingerprint density at radius 3 is 1.82 bits per heavy atom. The number of hydrogen-bond acceptors (Lipinski definition) is 18. The van der Waals surface area contributed by atoms with E-state index in [0.717, 1.165) is 25.5 Å². The summed E-state index contributed by atoms with van der Waals surface area (Å²) in [5, 5.41) is 0. The Morgan fingerprint density at radius 1 is 0.649 bits per heavy atom. The number of allylic oxidation sites excluding steroid dienone is 1. The smallest absolute Gasteiger partial charge is 0.257 e. The first kappa shape index (κ1) is 58.2. The zero-order valence-corrected chi connectivity index (χ0v) is 44.9. The van der Waals surface area contributed by atoms with Crippen LogP contribution < -0.4 is 23.7 Å². The lowest BCUT2D eigenvalue weighted by Gasteiger charge is -2.22. The molecule has 7 rings (SSSR count). The van der Waals surface area contributed by atoms with Gasteiger partial charge in [0.1, 0.15) is 31.9 Å². The molecule has 0 aliphatic carbocycles. The average molecular weight is 1070 g/mol. The van der Waals surface area contributed by atoms with Gasteiger partial charge in [0.15, 0.2) is 23.0 Å². The summed E-state index contributed by atoms with van der Waals surface area (Å²) in [4.78, 5) is 70.9. The van der Waals surface area contributed by atoms with Crippen LogP contribution in [-0.2, 0) is 51.2 Å². The van der Waals surface area contributed by atoms with Crippen LogP contribution in [0.25, 0.3) is 0 Å². The zero-order valence-electron chi connectivity index (χ0n) is 44.9. The highest BCUT2D eigenvalue weighted by Crippen LogP contribution is 2.40. The summed E-state index contributed by atoms with van der Waals surface area (Å²) in [6.07, 6.45) is 10.9. The minimum atomic E-state index is -0.129. The number of carbonyl (C=O) groups is 4. The van der Waals surface area contributed by atoms with Crippen LogP contribution in [0.1, 0.15) is 84.0 Å². The van der Waals surface area contributed by atoms with Gasteiger partial charge in [0.25, 0.3) is 11.8 Å². The number of fused-ring (bicyclic) bond motifs is 4. The molecule has 5 heterocycles. The summed E-state index contributed by atoms with van der Waals surface area (Å²) in [5.41, 5.74) is 4.09. The van der Waals surface area contributed by atoms with Gasteiger partial charge in [-0.15, -0.1) is 0 Å². The number of rotatable bonds is 35. The molecule has 21 nitrogen and oxygen atoms in total. The fourth-order valence-corrected chi connectivity index (χ4v) is 9.15. The normalized spacial score (nSPS) is 16.9. The lowest BCUT2D eigenvalue weighted by atomic mass is 10.1. The molecule has 2 saturated heterocycles. The molecular formula is C56H74N6O15. The van der Waals surface area contributed by atoms with Gasteiger partial charge in [-0.25, -0.2) is 0 Å².